The number of sulfone groups is 1. The summed E-state index contributed by atoms with van der Waals surface area (Å²) in [4.78, 5) is 1.10. The number of benzene rings is 1. The van der Waals surface area contributed by atoms with E-state index in [2.05, 4.69) is 39.4 Å². The fourth-order valence-corrected chi connectivity index (χ4v) is 4.43. The van der Waals surface area contributed by atoms with Gasteiger partial charge in [0.25, 0.3) is 0 Å². The van der Waals surface area contributed by atoms with E-state index in [4.69, 9.17) is 0 Å². The molecule has 1 aromatic rings. The third-order valence-electron chi connectivity index (χ3n) is 2.91. The van der Waals surface area contributed by atoms with Crippen LogP contribution in [-0.2, 0) is 16.4 Å². The zero-order valence-corrected chi connectivity index (χ0v) is 14.1. The molecule has 0 amide bonds. The predicted molar refractivity (Wildman–Crippen MR) is 84.4 cm³/mol. The average Bonchev–Trinajstić information content (AvgIpc) is 3.10. The first-order valence-electron chi connectivity index (χ1n) is 6.26. The lowest BCUT2D eigenvalue weighted by molar-refractivity contribution is 0.603. The van der Waals surface area contributed by atoms with Gasteiger partial charge < -0.3 is 5.32 Å². The second kappa shape index (κ2) is 6.61. The summed E-state index contributed by atoms with van der Waals surface area (Å²) in [5.41, 5.74) is 1.25. The molecule has 0 spiro atoms. The number of halogens is 1. The van der Waals surface area contributed by atoms with Gasteiger partial charge in [-0.05, 0) is 30.5 Å². The molecule has 0 aliphatic heterocycles. The lowest BCUT2D eigenvalue weighted by Crippen LogP contribution is -2.15. The smallest absolute Gasteiger partial charge is 0.148 e. The van der Waals surface area contributed by atoms with Crippen LogP contribution in [0, 0.1) is 0 Å². The summed E-state index contributed by atoms with van der Waals surface area (Å²) in [7, 11) is -2.87. The molecular formula is C13H18BrNO2S2. The lowest BCUT2D eigenvalue weighted by Gasteiger charge is -2.08. The van der Waals surface area contributed by atoms with Crippen molar-refractivity contribution in [2.24, 2.45) is 0 Å². The fraction of sp³-hybridized carbons (Fsp3) is 0.538. The van der Waals surface area contributed by atoms with Crippen molar-refractivity contribution in [3.05, 3.63) is 28.2 Å². The molecule has 106 valence electrons. The summed E-state index contributed by atoms with van der Waals surface area (Å²) >= 11 is 5.15. The van der Waals surface area contributed by atoms with Crippen LogP contribution < -0.4 is 5.32 Å². The molecule has 0 aromatic heterocycles. The Balaban J connectivity index is 1.86. The first-order chi connectivity index (χ1) is 8.94. The second-order valence-electron chi connectivity index (χ2n) is 4.89. The molecular weight excluding hydrogens is 346 g/mol. The minimum Gasteiger partial charge on any atom is -0.310 e. The largest absolute Gasteiger partial charge is 0.310 e. The Bertz CT molecular complexity index is 542. The van der Waals surface area contributed by atoms with Gasteiger partial charge in [-0.15, -0.1) is 11.8 Å². The molecule has 1 N–H and O–H groups in total. The summed E-state index contributed by atoms with van der Waals surface area (Å²) in [5.74, 6) is 0.825. The second-order valence-corrected chi connectivity index (χ2v) is 9.17. The van der Waals surface area contributed by atoms with Gasteiger partial charge in [-0.2, -0.15) is 0 Å². The number of thioether (sulfide) groups is 1. The van der Waals surface area contributed by atoms with Crippen molar-refractivity contribution in [2.75, 3.05) is 17.8 Å². The maximum absolute atomic E-state index is 11.1. The highest BCUT2D eigenvalue weighted by molar-refractivity contribution is 9.10. The van der Waals surface area contributed by atoms with Gasteiger partial charge in [0, 0.05) is 34.0 Å². The molecule has 19 heavy (non-hydrogen) atoms. The van der Waals surface area contributed by atoms with Crippen LogP contribution in [0.25, 0.3) is 0 Å². The van der Waals surface area contributed by atoms with Gasteiger partial charge >= 0.3 is 0 Å². The minimum atomic E-state index is -2.87. The molecule has 1 saturated carbocycles. The number of rotatable bonds is 7. The van der Waals surface area contributed by atoms with Crippen molar-refractivity contribution >= 4 is 37.5 Å². The minimum absolute atomic E-state index is 0.222. The van der Waals surface area contributed by atoms with E-state index < -0.39 is 9.84 Å². The molecule has 1 aromatic carbocycles. The normalized spacial score (nSPS) is 15.7. The van der Waals surface area contributed by atoms with Gasteiger partial charge in [-0.25, -0.2) is 8.42 Å². The highest BCUT2D eigenvalue weighted by Gasteiger charge is 2.20. The quantitative estimate of drug-likeness (QED) is 0.756. The van der Waals surface area contributed by atoms with E-state index in [-0.39, 0.29) is 5.75 Å². The van der Waals surface area contributed by atoms with E-state index in [9.17, 15) is 8.42 Å². The number of nitrogens with one attached hydrogen (secondary N) is 1. The molecule has 0 bridgehead atoms. The summed E-state index contributed by atoms with van der Waals surface area (Å²) in [6.45, 7) is 0.888. The van der Waals surface area contributed by atoms with Crippen LogP contribution in [-0.4, -0.2) is 32.2 Å². The summed E-state index contributed by atoms with van der Waals surface area (Å²) in [6, 6.07) is 6.93. The Morgan fingerprint density at radius 2 is 2.16 bits per heavy atom. The Morgan fingerprint density at radius 3 is 2.74 bits per heavy atom. The predicted octanol–water partition coefficient (Wildman–Crippen LogP) is 2.84. The molecule has 1 aliphatic carbocycles. The number of hydrogen-bond acceptors (Lipinski definition) is 4. The molecule has 0 heterocycles. The Morgan fingerprint density at radius 1 is 1.42 bits per heavy atom. The van der Waals surface area contributed by atoms with E-state index in [1.807, 2.05) is 0 Å². The van der Waals surface area contributed by atoms with Crippen LogP contribution in [0.5, 0.6) is 0 Å². The van der Waals surface area contributed by atoms with E-state index >= 15 is 0 Å². The maximum Gasteiger partial charge on any atom is 0.148 e. The van der Waals surface area contributed by atoms with Crippen molar-refractivity contribution in [3.8, 4) is 0 Å². The molecule has 0 atom stereocenters. The summed E-state index contributed by atoms with van der Waals surface area (Å²) in [5, 5.41) is 3.48. The van der Waals surface area contributed by atoms with Crippen LogP contribution in [0.15, 0.2) is 27.6 Å². The summed E-state index contributed by atoms with van der Waals surface area (Å²) in [6.07, 6.45) is 3.85. The topological polar surface area (TPSA) is 46.2 Å². The molecule has 2 rings (SSSR count). The molecule has 3 nitrogen and oxygen atoms in total. The van der Waals surface area contributed by atoms with Gasteiger partial charge in [0.15, 0.2) is 0 Å². The zero-order chi connectivity index (χ0) is 13.9. The van der Waals surface area contributed by atoms with E-state index in [0.717, 1.165) is 15.9 Å². The van der Waals surface area contributed by atoms with E-state index in [1.54, 1.807) is 11.8 Å². The molecule has 0 unspecified atom stereocenters. The third kappa shape index (κ3) is 5.85. The first kappa shape index (κ1) is 15.4. The molecule has 1 aliphatic rings. The van der Waals surface area contributed by atoms with Crippen LogP contribution in [0.4, 0.5) is 0 Å². The van der Waals surface area contributed by atoms with Gasteiger partial charge in [0.1, 0.15) is 9.84 Å². The fourth-order valence-electron chi connectivity index (χ4n) is 1.61. The molecule has 1 fully saturated rings. The highest BCUT2D eigenvalue weighted by atomic mass is 79.9. The molecule has 0 saturated heterocycles. The van der Waals surface area contributed by atoms with Crippen LogP contribution in [0.3, 0.4) is 0 Å². The van der Waals surface area contributed by atoms with Crippen molar-refractivity contribution < 1.29 is 8.42 Å². The average molecular weight is 364 g/mol. The van der Waals surface area contributed by atoms with Gasteiger partial charge in [-0.3, -0.25) is 0 Å². The number of hydrogen-bond donors (Lipinski definition) is 1. The molecule has 0 radical (unpaired) electrons. The first-order valence-corrected chi connectivity index (χ1v) is 10.1. The Kier molecular flexibility index (Phi) is 5.34. The summed E-state index contributed by atoms with van der Waals surface area (Å²) < 4.78 is 23.2. The van der Waals surface area contributed by atoms with Crippen LogP contribution in [0.1, 0.15) is 18.4 Å². The van der Waals surface area contributed by atoms with Gasteiger partial charge in [0.2, 0.25) is 0 Å². The van der Waals surface area contributed by atoms with Crippen molar-refractivity contribution in [1.29, 1.82) is 0 Å². The van der Waals surface area contributed by atoms with Crippen molar-refractivity contribution in [1.82, 2.24) is 5.32 Å². The van der Waals surface area contributed by atoms with Crippen LogP contribution in [0.2, 0.25) is 0 Å². The molecule has 6 heteroatoms. The maximum atomic E-state index is 11.1. The monoisotopic (exact) mass is 363 g/mol. The lowest BCUT2D eigenvalue weighted by atomic mass is 10.2. The van der Waals surface area contributed by atoms with Gasteiger partial charge in [0.05, 0.1) is 5.75 Å². The van der Waals surface area contributed by atoms with Crippen molar-refractivity contribution in [2.45, 2.75) is 30.3 Å². The zero-order valence-electron chi connectivity index (χ0n) is 10.9. The SMILES string of the molecule is CS(=O)(=O)CCSc1ccc(CNC2CC2)c(Br)c1. The van der Waals surface area contributed by atoms with Gasteiger partial charge in [-0.1, -0.05) is 22.0 Å². The highest BCUT2D eigenvalue weighted by Crippen LogP contribution is 2.26. The van der Waals surface area contributed by atoms with Crippen LogP contribution >= 0.6 is 27.7 Å². The third-order valence-corrected chi connectivity index (χ3v) is 5.84. The van der Waals surface area contributed by atoms with E-state index in [0.29, 0.717) is 11.8 Å². The van der Waals surface area contributed by atoms with E-state index in [1.165, 1.54) is 24.7 Å². The van der Waals surface area contributed by atoms with Crippen molar-refractivity contribution in [3.63, 3.8) is 0 Å². The Labute approximate surface area is 127 Å². The Hall–Kier alpha value is -0.0400. The standard InChI is InChI=1S/C13H18BrNO2S2/c1-19(16,17)7-6-18-12-5-2-10(13(14)8-12)9-15-11-3-4-11/h2,5,8,11,15H,3-4,6-7,9H2,1H3.